The second-order valence-corrected chi connectivity index (χ2v) is 5.23. The Morgan fingerprint density at radius 1 is 0.957 bits per heavy atom. The van der Waals surface area contributed by atoms with Crippen molar-refractivity contribution in [2.24, 2.45) is 0 Å². The zero-order chi connectivity index (χ0) is 16.7. The Morgan fingerprint density at radius 2 is 1.43 bits per heavy atom. The molecule has 1 amide bonds. The first kappa shape index (κ1) is 16.7. The predicted octanol–water partition coefficient (Wildman–Crippen LogP) is 2.89. The van der Waals surface area contributed by atoms with Crippen LogP contribution in [0.2, 0.25) is 0 Å². The van der Waals surface area contributed by atoms with E-state index in [0.29, 0.717) is 6.54 Å². The van der Waals surface area contributed by atoms with E-state index in [1.54, 1.807) is 6.92 Å². The highest BCUT2D eigenvalue weighted by Gasteiger charge is 2.27. The van der Waals surface area contributed by atoms with Gasteiger partial charge in [0.25, 0.3) is 5.91 Å². The zero-order valence-electron chi connectivity index (χ0n) is 13.4. The SMILES string of the molecule is CCNC(=O)[C@@H](C)OC(=O)C(c1ccccc1)c1ccccc1. The molecule has 0 saturated carbocycles. The molecule has 120 valence electrons. The normalized spacial score (nSPS) is 11.8. The Balaban J connectivity index is 2.24. The van der Waals surface area contributed by atoms with E-state index in [0.717, 1.165) is 11.1 Å². The first-order valence-corrected chi connectivity index (χ1v) is 7.71. The lowest BCUT2D eigenvalue weighted by Gasteiger charge is -2.20. The fraction of sp³-hybridized carbons (Fsp3) is 0.263. The van der Waals surface area contributed by atoms with Gasteiger partial charge in [-0.2, -0.15) is 0 Å². The standard InChI is InChI=1S/C19H21NO3/c1-3-20-18(21)14(2)23-19(22)17(15-10-6-4-7-11-15)16-12-8-5-9-13-16/h4-14,17H,3H2,1-2H3,(H,20,21)/t14-/m1/s1. The van der Waals surface area contributed by atoms with E-state index in [2.05, 4.69) is 5.32 Å². The first-order chi connectivity index (χ1) is 11.1. The minimum atomic E-state index is -0.822. The Labute approximate surface area is 136 Å². The van der Waals surface area contributed by atoms with E-state index in [1.165, 1.54) is 0 Å². The van der Waals surface area contributed by atoms with Crippen LogP contribution in [0, 0.1) is 0 Å². The van der Waals surface area contributed by atoms with Gasteiger partial charge in [-0.15, -0.1) is 0 Å². The molecule has 0 bridgehead atoms. The zero-order valence-corrected chi connectivity index (χ0v) is 13.4. The quantitative estimate of drug-likeness (QED) is 0.835. The summed E-state index contributed by atoms with van der Waals surface area (Å²) in [7, 11) is 0. The summed E-state index contributed by atoms with van der Waals surface area (Å²) in [5.74, 6) is -1.27. The van der Waals surface area contributed by atoms with Gasteiger partial charge in [-0.1, -0.05) is 60.7 Å². The largest absolute Gasteiger partial charge is 0.452 e. The molecule has 4 heteroatoms. The molecule has 0 spiro atoms. The Morgan fingerprint density at radius 3 is 1.87 bits per heavy atom. The van der Waals surface area contributed by atoms with E-state index in [9.17, 15) is 9.59 Å². The van der Waals surface area contributed by atoms with Gasteiger partial charge in [-0.3, -0.25) is 9.59 Å². The maximum absolute atomic E-state index is 12.7. The van der Waals surface area contributed by atoms with E-state index in [4.69, 9.17) is 4.74 Å². The molecule has 1 atom stereocenters. The number of likely N-dealkylation sites (N-methyl/N-ethyl adjacent to an activating group) is 1. The molecule has 0 aliphatic rings. The Bertz CT molecular complexity index is 601. The minimum absolute atomic E-state index is 0.291. The lowest BCUT2D eigenvalue weighted by Crippen LogP contribution is -2.36. The van der Waals surface area contributed by atoms with E-state index in [-0.39, 0.29) is 5.91 Å². The number of benzene rings is 2. The van der Waals surface area contributed by atoms with Crippen molar-refractivity contribution in [3.63, 3.8) is 0 Å². The average molecular weight is 311 g/mol. The molecule has 23 heavy (non-hydrogen) atoms. The number of carbonyl (C=O) groups excluding carboxylic acids is 2. The predicted molar refractivity (Wildman–Crippen MR) is 89.0 cm³/mol. The van der Waals surface area contributed by atoms with Crippen LogP contribution in [-0.2, 0) is 14.3 Å². The summed E-state index contributed by atoms with van der Waals surface area (Å²) in [6.45, 7) is 3.90. The third-order valence-corrected chi connectivity index (χ3v) is 3.51. The molecule has 0 radical (unpaired) electrons. The van der Waals surface area contributed by atoms with E-state index in [1.807, 2.05) is 67.6 Å². The van der Waals surface area contributed by atoms with Crippen LogP contribution in [0.1, 0.15) is 30.9 Å². The Hall–Kier alpha value is -2.62. The molecule has 4 nitrogen and oxygen atoms in total. The number of ether oxygens (including phenoxy) is 1. The van der Waals surface area contributed by atoms with Gasteiger partial charge in [0.1, 0.15) is 5.92 Å². The van der Waals surface area contributed by atoms with Crippen molar-refractivity contribution < 1.29 is 14.3 Å². The van der Waals surface area contributed by atoms with Crippen molar-refractivity contribution in [1.82, 2.24) is 5.32 Å². The Kier molecular flexibility index (Phi) is 5.92. The number of hydrogen-bond donors (Lipinski definition) is 1. The number of carbonyl (C=O) groups is 2. The molecule has 0 aliphatic heterocycles. The third kappa shape index (κ3) is 4.42. The summed E-state index contributed by atoms with van der Waals surface area (Å²) in [5, 5.41) is 2.65. The summed E-state index contributed by atoms with van der Waals surface area (Å²) in [5.41, 5.74) is 1.68. The summed E-state index contributed by atoms with van der Waals surface area (Å²) in [6.07, 6.45) is -0.822. The highest BCUT2D eigenvalue weighted by atomic mass is 16.5. The molecule has 0 heterocycles. The second kappa shape index (κ2) is 8.13. The summed E-state index contributed by atoms with van der Waals surface area (Å²) >= 11 is 0. The fourth-order valence-corrected chi connectivity index (χ4v) is 2.37. The van der Waals surface area contributed by atoms with Gasteiger partial charge in [-0.25, -0.2) is 0 Å². The molecule has 1 N–H and O–H groups in total. The summed E-state index contributed by atoms with van der Waals surface area (Å²) in [4.78, 5) is 24.4. The molecule has 2 aromatic rings. The lowest BCUT2D eigenvalue weighted by atomic mass is 9.91. The van der Waals surface area contributed by atoms with Crippen LogP contribution in [0.15, 0.2) is 60.7 Å². The van der Waals surface area contributed by atoms with Gasteiger partial charge < -0.3 is 10.1 Å². The molecular weight excluding hydrogens is 290 g/mol. The van der Waals surface area contributed by atoms with Crippen LogP contribution >= 0.6 is 0 Å². The molecule has 0 fully saturated rings. The van der Waals surface area contributed by atoms with Crippen LogP contribution in [0.4, 0.5) is 0 Å². The average Bonchev–Trinajstić information content (AvgIpc) is 2.57. The topological polar surface area (TPSA) is 55.4 Å². The van der Waals surface area contributed by atoms with E-state index < -0.39 is 18.0 Å². The van der Waals surface area contributed by atoms with Gasteiger partial charge in [0.15, 0.2) is 6.10 Å². The van der Waals surface area contributed by atoms with Gasteiger partial charge in [0.2, 0.25) is 0 Å². The first-order valence-electron chi connectivity index (χ1n) is 7.71. The second-order valence-electron chi connectivity index (χ2n) is 5.23. The number of rotatable bonds is 6. The molecule has 0 aromatic heterocycles. The van der Waals surface area contributed by atoms with Gasteiger partial charge in [0, 0.05) is 6.54 Å². The van der Waals surface area contributed by atoms with Crippen molar-refractivity contribution in [1.29, 1.82) is 0 Å². The van der Waals surface area contributed by atoms with Crippen molar-refractivity contribution in [3.8, 4) is 0 Å². The molecule has 2 aromatic carbocycles. The molecular formula is C19H21NO3. The highest BCUT2D eigenvalue weighted by molar-refractivity contribution is 5.87. The van der Waals surface area contributed by atoms with Crippen LogP contribution in [-0.4, -0.2) is 24.5 Å². The number of esters is 1. The molecule has 0 saturated heterocycles. The molecule has 2 rings (SSSR count). The lowest BCUT2D eigenvalue weighted by molar-refractivity contribution is -0.155. The van der Waals surface area contributed by atoms with Gasteiger partial charge in [0.05, 0.1) is 0 Å². The molecule has 0 aliphatic carbocycles. The third-order valence-electron chi connectivity index (χ3n) is 3.51. The van der Waals surface area contributed by atoms with Gasteiger partial charge in [-0.05, 0) is 25.0 Å². The number of amides is 1. The number of hydrogen-bond acceptors (Lipinski definition) is 3. The maximum atomic E-state index is 12.7. The van der Waals surface area contributed by atoms with Crippen LogP contribution < -0.4 is 5.32 Å². The smallest absolute Gasteiger partial charge is 0.318 e. The van der Waals surface area contributed by atoms with Crippen LogP contribution in [0.5, 0.6) is 0 Å². The summed E-state index contributed by atoms with van der Waals surface area (Å²) < 4.78 is 5.38. The maximum Gasteiger partial charge on any atom is 0.318 e. The van der Waals surface area contributed by atoms with Gasteiger partial charge >= 0.3 is 5.97 Å². The highest BCUT2D eigenvalue weighted by Crippen LogP contribution is 2.26. The van der Waals surface area contributed by atoms with Crippen molar-refractivity contribution in [2.75, 3.05) is 6.54 Å². The minimum Gasteiger partial charge on any atom is -0.452 e. The monoisotopic (exact) mass is 311 g/mol. The van der Waals surface area contributed by atoms with Crippen LogP contribution in [0.3, 0.4) is 0 Å². The number of nitrogens with one attached hydrogen (secondary N) is 1. The van der Waals surface area contributed by atoms with Crippen LogP contribution in [0.25, 0.3) is 0 Å². The fourth-order valence-electron chi connectivity index (χ4n) is 2.37. The van der Waals surface area contributed by atoms with Crippen molar-refractivity contribution >= 4 is 11.9 Å². The van der Waals surface area contributed by atoms with E-state index >= 15 is 0 Å². The summed E-state index contributed by atoms with van der Waals surface area (Å²) in [6, 6.07) is 18.9. The van der Waals surface area contributed by atoms with Crippen molar-refractivity contribution in [2.45, 2.75) is 25.9 Å². The molecule has 0 unspecified atom stereocenters. The van der Waals surface area contributed by atoms with Crippen molar-refractivity contribution in [3.05, 3.63) is 71.8 Å².